The highest BCUT2D eigenvalue weighted by molar-refractivity contribution is 5.82. The van der Waals surface area contributed by atoms with Gasteiger partial charge in [0, 0.05) is 18.7 Å². The molecule has 1 aromatic heterocycles. The maximum Gasteiger partial charge on any atom is 0.261 e. The fourth-order valence-electron chi connectivity index (χ4n) is 4.95. The molecule has 0 bridgehead atoms. The molecular weight excluding hydrogens is 450 g/mol. The SMILES string of the molecule is CC[C@@H](Oc1ccc2c(c1)[C@@H](c1cccc(C)c1)N(C(=O)C1CC1)CC2)C(=O)NCc1ccccn1. The molecule has 3 aromatic rings. The lowest BCUT2D eigenvalue weighted by molar-refractivity contribution is -0.134. The molecule has 2 amide bonds. The normalized spacial score (nSPS) is 17.7. The number of fused-ring (bicyclic) bond motifs is 1. The van der Waals surface area contributed by atoms with Gasteiger partial charge >= 0.3 is 0 Å². The van der Waals surface area contributed by atoms with Gasteiger partial charge in [-0.15, -0.1) is 0 Å². The molecule has 2 heterocycles. The zero-order valence-corrected chi connectivity index (χ0v) is 20.9. The number of nitrogens with one attached hydrogen (secondary N) is 1. The maximum atomic E-state index is 13.3. The van der Waals surface area contributed by atoms with Crippen LogP contribution in [0.5, 0.6) is 5.75 Å². The van der Waals surface area contributed by atoms with Crippen molar-refractivity contribution < 1.29 is 14.3 Å². The number of nitrogens with zero attached hydrogens (tertiary/aromatic N) is 2. The second kappa shape index (κ2) is 10.5. The van der Waals surface area contributed by atoms with Gasteiger partial charge < -0.3 is 15.0 Å². The van der Waals surface area contributed by atoms with Gasteiger partial charge in [0.2, 0.25) is 5.91 Å². The van der Waals surface area contributed by atoms with Crippen molar-refractivity contribution in [3.8, 4) is 5.75 Å². The van der Waals surface area contributed by atoms with Gasteiger partial charge in [-0.25, -0.2) is 0 Å². The minimum absolute atomic E-state index is 0.150. The number of amides is 2. The van der Waals surface area contributed by atoms with Crippen molar-refractivity contribution >= 4 is 11.8 Å². The predicted molar refractivity (Wildman–Crippen MR) is 138 cm³/mol. The number of carbonyl (C=O) groups excluding carboxylic acids is 2. The average molecular weight is 484 g/mol. The number of rotatable bonds is 8. The van der Waals surface area contributed by atoms with Crippen LogP contribution in [0.25, 0.3) is 0 Å². The van der Waals surface area contributed by atoms with E-state index in [1.54, 1.807) is 6.20 Å². The van der Waals surface area contributed by atoms with Crippen molar-refractivity contribution in [2.75, 3.05) is 6.54 Å². The number of hydrogen-bond donors (Lipinski definition) is 1. The lowest BCUT2D eigenvalue weighted by Crippen LogP contribution is -2.41. The number of benzene rings is 2. The van der Waals surface area contributed by atoms with E-state index in [0.29, 0.717) is 25.3 Å². The van der Waals surface area contributed by atoms with Gasteiger partial charge in [0.1, 0.15) is 5.75 Å². The summed E-state index contributed by atoms with van der Waals surface area (Å²) < 4.78 is 6.21. The van der Waals surface area contributed by atoms with Gasteiger partial charge in [-0.05, 0) is 73.6 Å². The van der Waals surface area contributed by atoms with E-state index >= 15 is 0 Å². The summed E-state index contributed by atoms with van der Waals surface area (Å²) in [5, 5.41) is 2.94. The van der Waals surface area contributed by atoms with E-state index in [1.807, 2.05) is 37.3 Å². The standard InChI is InChI=1S/C30H33N3O3/c1-3-27(29(34)32-19-24-9-4-5-15-31-24)36-25-13-12-21-14-16-33(30(35)22-10-11-22)28(26(21)18-25)23-8-6-7-20(2)17-23/h4-9,12-13,15,17-18,22,27-28H,3,10-11,14,16,19H2,1-2H3,(H,32,34)/t27-,28-/m1/s1. The van der Waals surface area contributed by atoms with Crippen molar-refractivity contribution in [1.82, 2.24) is 15.2 Å². The van der Waals surface area contributed by atoms with E-state index in [9.17, 15) is 9.59 Å². The Morgan fingerprint density at radius 3 is 2.69 bits per heavy atom. The third-order valence-corrected chi connectivity index (χ3v) is 7.02. The topological polar surface area (TPSA) is 71.5 Å². The first kappa shape index (κ1) is 24.0. The Morgan fingerprint density at radius 2 is 1.97 bits per heavy atom. The monoisotopic (exact) mass is 483 g/mol. The Bertz CT molecular complexity index is 1240. The molecule has 0 saturated heterocycles. The van der Waals surface area contributed by atoms with Crippen LogP contribution in [0.15, 0.2) is 66.9 Å². The average Bonchev–Trinajstić information content (AvgIpc) is 3.75. The van der Waals surface area contributed by atoms with Crippen LogP contribution in [0, 0.1) is 12.8 Å². The van der Waals surface area contributed by atoms with Crippen LogP contribution in [-0.4, -0.2) is 34.3 Å². The molecule has 1 aliphatic carbocycles. The molecule has 0 unspecified atom stereocenters. The van der Waals surface area contributed by atoms with E-state index < -0.39 is 6.10 Å². The Kier molecular flexibility index (Phi) is 7.03. The van der Waals surface area contributed by atoms with Crippen molar-refractivity contribution in [3.05, 3.63) is 94.8 Å². The second-order valence-corrected chi connectivity index (χ2v) is 9.79. The molecule has 2 aromatic carbocycles. The summed E-state index contributed by atoms with van der Waals surface area (Å²) in [7, 11) is 0. The van der Waals surface area contributed by atoms with E-state index in [0.717, 1.165) is 36.1 Å². The molecule has 0 radical (unpaired) electrons. The zero-order chi connectivity index (χ0) is 25.1. The molecule has 6 nitrogen and oxygen atoms in total. The summed E-state index contributed by atoms with van der Waals surface area (Å²) in [5.74, 6) is 0.887. The molecule has 1 N–H and O–H groups in total. The first-order valence-electron chi connectivity index (χ1n) is 12.9. The Hall–Kier alpha value is -3.67. The minimum atomic E-state index is -0.614. The Balaban J connectivity index is 1.39. The summed E-state index contributed by atoms with van der Waals surface area (Å²) in [5.41, 5.74) is 5.39. The molecule has 2 aliphatic rings. The molecule has 5 rings (SSSR count). The van der Waals surface area contributed by atoms with Gasteiger partial charge in [-0.2, -0.15) is 0 Å². The summed E-state index contributed by atoms with van der Waals surface area (Å²) in [6.45, 7) is 5.09. The molecule has 1 fully saturated rings. The third kappa shape index (κ3) is 5.27. The number of pyridine rings is 1. The van der Waals surface area contributed by atoms with Gasteiger partial charge in [0.15, 0.2) is 6.10 Å². The van der Waals surface area contributed by atoms with Crippen LogP contribution in [0.1, 0.15) is 60.2 Å². The number of aromatic nitrogens is 1. The van der Waals surface area contributed by atoms with Crippen LogP contribution in [0.3, 0.4) is 0 Å². The molecule has 36 heavy (non-hydrogen) atoms. The second-order valence-electron chi connectivity index (χ2n) is 9.79. The van der Waals surface area contributed by atoms with Crippen molar-refractivity contribution in [3.63, 3.8) is 0 Å². The molecule has 2 atom stereocenters. The highest BCUT2D eigenvalue weighted by atomic mass is 16.5. The number of hydrogen-bond acceptors (Lipinski definition) is 4. The third-order valence-electron chi connectivity index (χ3n) is 7.02. The zero-order valence-electron chi connectivity index (χ0n) is 20.9. The van der Waals surface area contributed by atoms with E-state index in [2.05, 4.69) is 52.5 Å². The van der Waals surface area contributed by atoms with Gasteiger partial charge in [0.05, 0.1) is 18.3 Å². The van der Waals surface area contributed by atoms with Crippen LogP contribution in [-0.2, 0) is 22.6 Å². The number of aryl methyl sites for hydroxylation is 1. The van der Waals surface area contributed by atoms with Crippen LogP contribution < -0.4 is 10.1 Å². The summed E-state index contributed by atoms with van der Waals surface area (Å²) in [6, 6.07) is 19.9. The maximum absolute atomic E-state index is 13.3. The smallest absolute Gasteiger partial charge is 0.261 e. The molecule has 6 heteroatoms. The number of ether oxygens (including phenoxy) is 1. The highest BCUT2D eigenvalue weighted by Gasteiger charge is 2.39. The fraction of sp³-hybridized carbons (Fsp3) is 0.367. The Labute approximate surface area is 212 Å². The molecular formula is C30H33N3O3. The summed E-state index contributed by atoms with van der Waals surface area (Å²) in [6.07, 6.45) is 4.42. The minimum Gasteiger partial charge on any atom is -0.481 e. The van der Waals surface area contributed by atoms with Crippen molar-refractivity contribution in [1.29, 1.82) is 0 Å². The lowest BCUT2D eigenvalue weighted by atomic mass is 9.87. The first-order chi connectivity index (χ1) is 17.5. The van der Waals surface area contributed by atoms with Gasteiger partial charge in [-0.3, -0.25) is 14.6 Å². The van der Waals surface area contributed by atoms with Gasteiger partial charge in [-0.1, -0.05) is 48.9 Å². The molecule has 186 valence electrons. The summed E-state index contributed by atoms with van der Waals surface area (Å²) in [4.78, 5) is 32.4. The van der Waals surface area contributed by atoms with E-state index in [-0.39, 0.29) is 23.8 Å². The fourth-order valence-corrected chi connectivity index (χ4v) is 4.95. The number of carbonyl (C=O) groups is 2. The lowest BCUT2D eigenvalue weighted by Gasteiger charge is -2.38. The molecule has 1 aliphatic heterocycles. The quantitative estimate of drug-likeness (QED) is 0.502. The van der Waals surface area contributed by atoms with Crippen LogP contribution in [0.2, 0.25) is 0 Å². The van der Waals surface area contributed by atoms with Crippen LogP contribution >= 0.6 is 0 Å². The van der Waals surface area contributed by atoms with Crippen molar-refractivity contribution in [2.45, 2.75) is 58.2 Å². The van der Waals surface area contributed by atoms with Crippen molar-refractivity contribution in [2.24, 2.45) is 5.92 Å². The first-order valence-corrected chi connectivity index (χ1v) is 12.9. The molecule has 1 saturated carbocycles. The van der Waals surface area contributed by atoms with Gasteiger partial charge in [0.25, 0.3) is 5.91 Å². The summed E-state index contributed by atoms with van der Waals surface area (Å²) >= 11 is 0. The highest BCUT2D eigenvalue weighted by Crippen LogP contribution is 2.41. The molecule has 0 spiro atoms. The van der Waals surface area contributed by atoms with E-state index in [1.165, 1.54) is 11.1 Å². The largest absolute Gasteiger partial charge is 0.481 e. The Morgan fingerprint density at radius 1 is 1.11 bits per heavy atom. The predicted octanol–water partition coefficient (Wildman–Crippen LogP) is 4.75. The van der Waals surface area contributed by atoms with E-state index in [4.69, 9.17) is 4.74 Å². The van der Waals surface area contributed by atoms with Crippen LogP contribution in [0.4, 0.5) is 0 Å².